The average Bonchev–Trinajstić information content (AvgIpc) is 2.77. The topological polar surface area (TPSA) is 27.7 Å². The van der Waals surface area contributed by atoms with Crippen LogP contribution >= 0.6 is 0 Å². The van der Waals surface area contributed by atoms with Gasteiger partial charge in [-0.2, -0.15) is 0 Å². The van der Waals surface area contributed by atoms with Crippen molar-refractivity contribution in [3.8, 4) is 0 Å². The predicted molar refractivity (Wildman–Crippen MR) is 69.0 cm³/mol. The van der Waals surface area contributed by atoms with E-state index >= 15 is 0 Å². The Bertz CT molecular complexity index is 194. The largest absolute Gasteiger partial charge is 0.375 e. The molecule has 1 rings (SSSR count). The number of ether oxygens (including phenoxy) is 3. The van der Waals surface area contributed by atoms with E-state index in [0.29, 0.717) is 19.8 Å². The van der Waals surface area contributed by atoms with Gasteiger partial charge in [-0.05, 0) is 12.8 Å². The molecule has 1 aliphatic heterocycles. The molecule has 17 heavy (non-hydrogen) atoms. The third-order valence-corrected chi connectivity index (χ3v) is 2.90. The van der Waals surface area contributed by atoms with E-state index in [1.54, 1.807) is 6.08 Å². The fourth-order valence-corrected chi connectivity index (χ4v) is 1.94. The molecular weight excluding hydrogens is 216 g/mol. The Labute approximate surface area is 105 Å². The first-order valence-electron chi connectivity index (χ1n) is 6.82. The molecular formula is C14H26O3. The Kier molecular flexibility index (Phi) is 8.32. The highest BCUT2D eigenvalue weighted by atomic mass is 16.7. The summed E-state index contributed by atoms with van der Waals surface area (Å²) >= 11 is 0. The molecule has 100 valence electrons. The van der Waals surface area contributed by atoms with Gasteiger partial charge in [-0.15, -0.1) is 6.58 Å². The van der Waals surface area contributed by atoms with Gasteiger partial charge in [-0.25, -0.2) is 0 Å². The molecule has 1 aliphatic rings. The fourth-order valence-electron chi connectivity index (χ4n) is 1.94. The first-order valence-corrected chi connectivity index (χ1v) is 6.82. The first-order chi connectivity index (χ1) is 8.36. The molecule has 1 heterocycles. The molecule has 0 aromatic heterocycles. The third-order valence-electron chi connectivity index (χ3n) is 2.90. The molecule has 0 unspecified atom stereocenters. The van der Waals surface area contributed by atoms with E-state index in [1.807, 2.05) is 0 Å². The van der Waals surface area contributed by atoms with Crippen molar-refractivity contribution in [2.45, 2.75) is 57.8 Å². The van der Waals surface area contributed by atoms with Crippen LogP contribution in [-0.4, -0.2) is 32.2 Å². The highest BCUT2D eigenvalue weighted by Crippen LogP contribution is 2.18. The second-order valence-corrected chi connectivity index (χ2v) is 4.55. The molecule has 0 amide bonds. The minimum absolute atomic E-state index is 0.00559. The van der Waals surface area contributed by atoms with Crippen LogP contribution in [0, 0.1) is 0 Å². The SMILES string of the molecule is C=CCOC[C@@H]1CO[C@H](CCCCCCC)O1. The quantitative estimate of drug-likeness (QED) is 0.434. The molecule has 0 aromatic rings. The summed E-state index contributed by atoms with van der Waals surface area (Å²) in [4.78, 5) is 0. The average molecular weight is 242 g/mol. The highest BCUT2D eigenvalue weighted by Gasteiger charge is 2.25. The monoisotopic (exact) mass is 242 g/mol. The van der Waals surface area contributed by atoms with E-state index in [4.69, 9.17) is 14.2 Å². The molecule has 3 nitrogen and oxygen atoms in total. The maximum Gasteiger partial charge on any atom is 0.158 e. The van der Waals surface area contributed by atoms with Crippen LogP contribution in [-0.2, 0) is 14.2 Å². The lowest BCUT2D eigenvalue weighted by atomic mass is 10.1. The summed E-state index contributed by atoms with van der Waals surface area (Å²) in [5, 5.41) is 0. The van der Waals surface area contributed by atoms with E-state index in [-0.39, 0.29) is 12.4 Å². The van der Waals surface area contributed by atoms with Crippen LogP contribution < -0.4 is 0 Å². The van der Waals surface area contributed by atoms with Crippen LogP contribution in [0.2, 0.25) is 0 Å². The number of rotatable bonds is 10. The van der Waals surface area contributed by atoms with Crippen LogP contribution in [0.1, 0.15) is 45.4 Å². The van der Waals surface area contributed by atoms with Crippen LogP contribution in [0.25, 0.3) is 0 Å². The van der Waals surface area contributed by atoms with Crippen molar-refractivity contribution >= 4 is 0 Å². The van der Waals surface area contributed by atoms with E-state index < -0.39 is 0 Å². The second kappa shape index (κ2) is 9.63. The van der Waals surface area contributed by atoms with Crippen molar-refractivity contribution in [2.75, 3.05) is 19.8 Å². The summed E-state index contributed by atoms with van der Waals surface area (Å²) in [5.74, 6) is 0. The maximum absolute atomic E-state index is 5.73. The van der Waals surface area contributed by atoms with E-state index in [2.05, 4.69) is 13.5 Å². The molecule has 0 bridgehead atoms. The van der Waals surface area contributed by atoms with Crippen molar-refractivity contribution in [2.24, 2.45) is 0 Å². The smallest absolute Gasteiger partial charge is 0.158 e. The zero-order valence-corrected chi connectivity index (χ0v) is 11.0. The molecule has 2 atom stereocenters. The Morgan fingerprint density at radius 2 is 2.12 bits per heavy atom. The van der Waals surface area contributed by atoms with Gasteiger partial charge in [0.2, 0.25) is 0 Å². The van der Waals surface area contributed by atoms with E-state index in [1.165, 1.54) is 32.1 Å². The van der Waals surface area contributed by atoms with Gasteiger partial charge in [0.1, 0.15) is 6.10 Å². The molecule has 1 saturated heterocycles. The van der Waals surface area contributed by atoms with Crippen LogP contribution in [0.4, 0.5) is 0 Å². The maximum atomic E-state index is 5.73. The zero-order chi connectivity index (χ0) is 12.3. The zero-order valence-electron chi connectivity index (χ0n) is 11.0. The first kappa shape index (κ1) is 14.7. The van der Waals surface area contributed by atoms with Gasteiger partial charge in [0.05, 0.1) is 19.8 Å². The number of hydrogen-bond acceptors (Lipinski definition) is 3. The Morgan fingerprint density at radius 3 is 2.88 bits per heavy atom. The number of unbranched alkanes of at least 4 members (excludes halogenated alkanes) is 4. The fraction of sp³-hybridized carbons (Fsp3) is 0.857. The number of hydrogen-bond donors (Lipinski definition) is 0. The Morgan fingerprint density at radius 1 is 1.29 bits per heavy atom. The Balaban J connectivity index is 1.95. The van der Waals surface area contributed by atoms with Crippen molar-refractivity contribution in [1.82, 2.24) is 0 Å². The summed E-state index contributed by atoms with van der Waals surface area (Å²) in [6.45, 7) is 7.70. The van der Waals surface area contributed by atoms with Gasteiger partial charge in [0, 0.05) is 0 Å². The van der Waals surface area contributed by atoms with Gasteiger partial charge < -0.3 is 14.2 Å². The summed E-state index contributed by atoms with van der Waals surface area (Å²) in [6.07, 6.45) is 9.31. The lowest BCUT2D eigenvalue weighted by Gasteiger charge is -2.11. The summed E-state index contributed by atoms with van der Waals surface area (Å²) in [5.41, 5.74) is 0. The van der Waals surface area contributed by atoms with Gasteiger partial charge in [-0.3, -0.25) is 0 Å². The standard InChI is InChI=1S/C14H26O3/c1-3-5-6-7-8-9-14-16-12-13(17-14)11-15-10-4-2/h4,13-14H,2-3,5-12H2,1H3/t13-,14+/m1/s1. The molecule has 0 aromatic carbocycles. The van der Waals surface area contributed by atoms with Crippen molar-refractivity contribution in [1.29, 1.82) is 0 Å². The molecule has 0 radical (unpaired) electrons. The minimum atomic E-state index is -0.00559. The summed E-state index contributed by atoms with van der Waals surface area (Å²) < 4.78 is 16.7. The summed E-state index contributed by atoms with van der Waals surface area (Å²) in [6, 6.07) is 0. The highest BCUT2D eigenvalue weighted by molar-refractivity contribution is 4.68. The van der Waals surface area contributed by atoms with Gasteiger partial charge in [0.15, 0.2) is 6.29 Å². The van der Waals surface area contributed by atoms with Crippen LogP contribution in [0.5, 0.6) is 0 Å². The predicted octanol–water partition coefficient (Wildman–Crippen LogP) is 3.29. The van der Waals surface area contributed by atoms with Gasteiger partial charge in [0.25, 0.3) is 0 Å². The van der Waals surface area contributed by atoms with E-state index in [9.17, 15) is 0 Å². The lowest BCUT2D eigenvalue weighted by Crippen LogP contribution is -2.19. The minimum Gasteiger partial charge on any atom is -0.375 e. The van der Waals surface area contributed by atoms with Crippen molar-refractivity contribution < 1.29 is 14.2 Å². The normalized spacial score (nSPS) is 24.1. The Hall–Kier alpha value is -0.380. The van der Waals surface area contributed by atoms with Gasteiger partial charge >= 0.3 is 0 Å². The molecule has 0 aliphatic carbocycles. The molecule has 0 saturated carbocycles. The van der Waals surface area contributed by atoms with Crippen LogP contribution in [0.15, 0.2) is 12.7 Å². The molecule has 1 fully saturated rings. The molecule has 0 spiro atoms. The second-order valence-electron chi connectivity index (χ2n) is 4.55. The molecule has 0 N–H and O–H groups in total. The summed E-state index contributed by atoms with van der Waals surface area (Å²) in [7, 11) is 0. The molecule has 3 heteroatoms. The lowest BCUT2D eigenvalue weighted by molar-refractivity contribution is -0.0745. The van der Waals surface area contributed by atoms with Crippen molar-refractivity contribution in [3.05, 3.63) is 12.7 Å². The van der Waals surface area contributed by atoms with Crippen LogP contribution in [0.3, 0.4) is 0 Å². The third kappa shape index (κ3) is 6.81. The van der Waals surface area contributed by atoms with E-state index in [0.717, 1.165) is 6.42 Å². The van der Waals surface area contributed by atoms with Crippen molar-refractivity contribution in [3.63, 3.8) is 0 Å². The van der Waals surface area contributed by atoms with Gasteiger partial charge in [-0.1, -0.05) is 38.7 Å².